The number of benzene rings is 3. The third-order valence-corrected chi connectivity index (χ3v) is 4.03. The molecule has 0 saturated heterocycles. The minimum Gasteiger partial charge on any atom is -0.445 e. The van der Waals surface area contributed by atoms with Gasteiger partial charge in [-0.3, -0.25) is 4.79 Å². The number of rotatable bonds is 6. The number of nitrogens with one attached hydrogen (secondary N) is 1. The molecule has 0 atom stereocenters. The number of alkyl carbamates (subject to hydrolysis) is 1. The number of amides is 1. The third kappa shape index (κ3) is 4.36. The van der Waals surface area contributed by atoms with Gasteiger partial charge in [-0.05, 0) is 22.3 Å². The predicted molar refractivity (Wildman–Crippen MR) is 101 cm³/mol. The average molecular weight is 345 g/mol. The molecule has 0 aromatic heterocycles. The highest BCUT2D eigenvalue weighted by Gasteiger charge is 2.10. The molecule has 1 N–H and O–H groups in total. The largest absolute Gasteiger partial charge is 0.445 e. The van der Waals surface area contributed by atoms with Crippen molar-refractivity contribution in [3.8, 4) is 11.1 Å². The van der Waals surface area contributed by atoms with E-state index in [1.807, 2.05) is 72.8 Å². The van der Waals surface area contributed by atoms with Crippen LogP contribution < -0.4 is 5.32 Å². The van der Waals surface area contributed by atoms with Crippen LogP contribution in [-0.4, -0.2) is 12.4 Å². The topological polar surface area (TPSA) is 55.4 Å². The molecule has 1 amide bonds. The van der Waals surface area contributed by atoms with Gasteiger partial charge in [-0.2, -0.15) is 0 Å². The number of carbonyl (C=O) groups excluding carboxylic acids is 2. The summed E-state index contributed by atoms with van der Waals surface area (Å²) in [5.41, 5.74) is 4.23. The van der Waals surface area contributed by atoms with Crippen LogP contribution in [0.1, 0.15) is 21.5 Å². The van der Waals surface area contributed by atoms with E-state index >= 15 is 0 Å². The minimum absolute atomic E-state index is 0.224. The summed E-state index contributed by atoms with van der Waals surface area (Å²) in [7, 11) is 0. The smallest absolute Gasteiger partial charge is 0.407 e. The Labute approximate surface area is 152 Å². The number of carbonyl (C=O) groups is 2. The molecular weight excluding hydrogens is 326 g/mol. The van der Waals surface area contributed by atoms with Gasteiger partial charge in [0, 0.05) is 12.1 Å². The quantitative estimate of drug-likeness (QED) is 0.665. The standard InChI is InChI=1S/C22H19NO3/c24-15-19-11-5-7-13-21(19)20-12-6-4-10-18(20)14-23-22(25)26-16-17-8-2-1-3-9-17/h1-13,15H,14,16H2,(H,23,25). The van der Waals surface area contributed by atoms with Crippen molar-refractivity contribution in [2.45, 2.75) is 13.2 Å². The van der Waals surface area contributed by atoms with E-state index in [2.05, 4.69) is 5.32 Å². The first kappa shape index (κ1) is 17.4. The first-order valence-corrected chi connectivity index (χ1v) is 8.35. The molecule has 0 unspecified atom stereocenters. The molecule has 0 radical (unpaired) electrons. The molecule has 0 spiro atoms. The molecule has 0 bridgehead atoms. The maximum atomic E-state index is 12.0. The molecule has 0 aliphatic rings. The molecule has 26 heavy (non-hydrogen) atoms. The fourth-order valence-corrected chi connectivity index (χ4v) is 2.72. The summed E-state index contributed by atoms with van der Waals surface area (Å²) in [6.45, 7) is 0.541. The Hall–Kier alpha value is -3.40. The van der Waals surface area contributed by atoms with Crippen molar-refractivity contribution in [1.29, 1.82) is 0 Å². The highest BCUT2D eigenvalue weighted by molar-refractivity contribution is 5.88. The highest BCUT2D eigenvalue weighted by atomic mass is 16.5. The van der Waals surface area contributed by atoms with Gasteiger partial charge in [0.1, 0.15) is 6.61 Å². The Morgan fingerprint density at radius 2 is 1.50 bits per heavy atom. The van der Waals surface area contributed by atoms with Gasteiger partial charge >= 0.3 is 6.09 Å². The zero-order valence-corrected chi connectivity index (χ0v) is 14.2. The maximum Gasteiger partial charge on any atom is 0.407 e. The van der Waals surface area contributed by atoms with Crippen LogP contribution in [0.3, 0.4) is 0 Å². The van der Waals surface area contributed by atoms with Crippen LogP contribution in [0, 0.1) is 0 Å². The fraction of sp³-hybridized carbons (Fsp3) is 0.0909. The van der Waals surface area contributed by atoms with Gasteiger partial charge in [-0.1, -0.05) is 78.9 Å². The number of aldehydes is 1. The van der Waals surface area contributed by atoms with Gasteiger partial charge in [-0.25, -0.2) is 4.79 Å². The van der Waals surface area contributed by atoms with Crippen molar-refractivity contribution in [3.63, 3.8) is 0 Å². The lowest BCUT2D eigenvalue weighted by molar-refractivity contribution is 0.112. The second-order valence-electron chi connectivity index (χ2n) is 5.78. The summed E-state index contributed by atoms with van der Waals surface area (Å²) in [5, 5.41) is 2.77. The molecule has 3 aromatic carbocycles. The van der Waals surface area contributed by atoms with Crippen LogP contribution in [0.25, 0.3) is 11.1 Å². The van der Waals surface area contributed by atoms with Crippen LogP contribution in [-0.2, 0) is 17.9 Å². The lowest BCUT2D eigenvalue weighted by Crippen LogP contribution is -2.24. The fourth-order valence-electron chi connectivity index (χ4n) is 2.72. The minimum atomic E-state index is -0.479. The van der Waals surface area contributed by atoms with Crippen molar-refractivity contribution in [1.82, 2.24) is 5.32 Å². The first-order valence-electron chi connectivity index (χ1n) is 8.35. The van der Waals surface area contributed by atoms with E-state index in [1.165, 1.54) is 0 Å². The van der Waals surface area contributed by atoms with Gasteiger partial charge in [0.2, 0.25) is 0 Å². The van der Waals surface area contributed by atoms with Crippen molar-refractivity contribution in [2.75, 3.05) is 0 Å². The van der Waals surface area contributed by atoms with Crippen LogP contribution >= 0.6 is 0 Å². The number of hydrogen-bond acceptors (Lipinski definition) is 3. The lowest BCUT2D eigenvalue weighted by atomic mass is 9.96. The van der Waals surface area contributed by atoms with E-state index in [1.54, 1.807) is 6.07 Å². The van der Waals surface area contributed by atoms with Gasteiger partial charge in [0.05, 0.1) is 0 Å². The first-order chi connectivity index (χ1) is 12.8. The number of hydrogen-bond donors (Lipinski definition) is 1. The van der Waals surface area contributed by atoms with Gasteiger partial charge in [0.15, 0.2) is 6.29 Å². The Balaban J connectivity index is 1.67. The molecule has 4 nitrogen and oxygen atoms in total. The zero-order chi connectivity index (χ0) is 18.2. The van der Waals surface area contributed by atoms with Crippen LogP contribution in [0.2, 0.25) is 0 Å². The van der Waals surface area contributed by atoms with Gasteiger partial charge in [0.25, 0.3) is 0 Å². The Kier molecular flexibility index (Phi) is 5.78. The molecule has 3 aromatic rings. The van der Waals surface area contributed by atoms with Crippen LogP contribution in [0.15, 0.2) is 78.9 Å². The Morgan fingerprint density at radius 1 is 0.846 bits per heavy atom. The van der Waals surface area contributed by atoms with Crippen LogP contribution in [0.4, 0.5) is 4.79 Å². The van der Waals surface area contributed by atoms with E-state index < -0.39 is 6.09 Å². The van der Waals surface area contributed by atoms with E-state index in [9.17, 15) is 9.59 Å². The van der Waals surface area contributed by atoms with Crippen molar-refractivity contribution in [3.05, 3.63) is 95.6 Å². The third-order valence-electron chi connectivity index (χ3n) is 4.03. The summed E-state index contributed by atoms with van der Waals surface area (Å²) < 4.78 is 5.23. The summed E-state index contributed by atoms with van der Waals surface area (Å²) in [4.78, 5) is 23.3. The highest BCUT2D eigenvalue weighted by Crippen LogP contribution is 2.26. The monoisotopic (exact) mass is 345 g/mol. The molecule has 0 aliphatic carbocycles. The normalized spacial score (nSPS) is 10.2. The summed E-state index contributed by atoms with van der Waals surface area (Å²) in [6.07, 6.45) is 0.362. The Bertz CT molecular complexity index is 891. The summed E-state index contributed by atoms with van der Waals surface area (Å²) >= 11 is 0. The van der Waals surface area contributed by atoms with Gasteiger partial charge < -0.3 is 10.1 Å². The molecule has 0 aliphatic heterocycles. The summed E-state index contributed by atoms with van der Waals surface area (Å²) in [6, 6.07) is 24.6. The molecule has 0 saturated carbocycles. The van der Waals surface area contributed by atoms with Crippen molar-refractivity contribution < 1.29 is 14.3 Å². The molecular formula is C22H19NO3. The second-order valence-corrected chi connectivity index (χ2v) is 5.78. The molecule has 3 rings (SSSR count). The van der Waals surface area contributed by atoms with Crippen molar-refractivity contribution >= 4 is 12.4 Å². The zero-order valence-electron chi connectivity index (χ0n) is 14.2. The molecule has 0 fully saturated rings. The van der Waals surface area contributed by atoms with Gasteiger partial charge in [-0.15, -0.1) is 0 Å². The molecule has 0 heterocycles. The predicted octanol–water partition coefficient (Wildman–Crippen LogP) is 4.59. The van der Waals surface area contributed by atoms with E-state index in [-0.39, 0.29) is 6.61 Å². The average Bonchev–Trinajstić information content (AvgIpc) is 2.71. The van der Waals surface area contributed by atoms with Crippen molar-refractivity contribution in [2.24, 2.45) is 0 Å². The second kappa shape index (κ2) is 8.62. The Morgan fingerprint density at radius 3 is 2.27 bits per heavy atom. The maximum absolute atomic E-state index is 12.0. The van der Waals surface area contributed by atoms with Crippen LogP contribution in [0.5, 0.6) is 0 Å². The summed E-state index contributed by atoms with van der Waals surface area (Å²) in [5.74, 6) is 0. The van der Waals surface area contributed by atoms with E-state index in [0.717, 1.165) is 28.5 Å². The SMILES string of the molecule is O=Cc1ccccc1-c1ccccc1CNC(=O)OCc1ccccc1. The lowest BCUT2D eigenvalue weighted by Gasteiger charge is -2.12. The molecule has 130 valence electrons. The van der Waals surface area contributed by atoms with E-state index in [4.69, 9.17) is 4.74 Å². The number of ether oxygens (including phenoxy) is 1. The molecule has 4 heteroatoms. The van der Waals surface area contributed by atoms with E-state index in [0.29, 0.717) is 12.1 Å².